The molecule has 340 valence electrons. The van der Waals surface area contributed by atoms with Gasteiger partial charge < -0.3 is 13.6 Å². The molecule has 7 heteroatoms. The van der Waals surface area contributed by atoms with Gasteiger partial charge in [-0.05, 0) is 72.3 Å². The van der Waals surface area contributed by atoms with Crippen molar-refractivity contribution in [3.63, 3.8) is 0 Å². The number of hydrogen-bond acceptors (Lipinski definition) is 3. The Kier molecular flexibility index (Phi) is 8.32. The molecule has 7 nitrogen and oxygen atoms in total. The molecule has 6 aromatic heterocycles. The fourth-order valence-electron chi connectivity index (χ4n) is 12.0. The normalized spacial score (nSPS) is 12.1. The first-order chi connectivity index (χ1) is 36.3. The smallest absolute Gasteiger partial charge is 0.227 e. The highest BCUT2D eigenvalue weighted by atomic mass is 16.3. The number of oxazole rings is 1. The molecule has 10 aromatic carbocycles. The molecule has 0 aliphatic carbocycles. The van der Waals surface area contributed by atoms with Gasteiger partial charge >= 0.3 is 0 Å². The predicted octanol–water partition coefficient (Wildman–Crippen LogP) is 16.9. The minimum absolute atomic E-state index is 0.534. The summed E-state index contributed by atoms with van der Waals surface area (Å²) >= 11 is 0. The number of aromatic nitrogens is 6. The standard InChI is InChI=1S/C66H40N6O/c1-2-30-50(66-67-51-31-11-20-40-60(51)73-66)49(29-1)61-62(69-52-32-12-3-21-41(52)42-22-4-13-33-53(42)69)64(71-56-36-16-7-25-45(56)46-26-8-17-37-57(46)71)68-65(72-58-38-18-9-27-47(58)48-28-10-19-39-59(48)72)63(61)70-54-34-14-5-23-43(54)44-24-6-15-35-55(44)70/h1-40H. The summed E-state index contributed by atoms with van der Waals surface area (Å²) in [6.45, 7) is 0. The summed E-state index contributed by atoms with van der Waals surface area (Å²) in [7, 11) is 0. The highest BCUT2D eigenvalue weighted by Crippen LogP contribution is 2.50. The lowest BCUT2D eigenvalue weighted by Crippen LogP contribution is -2.16. The first-order valence-corrected chi connectivity index (χ1v) is 24.8. The summed E-state index contributed by atoms with van der Waals surface area (Å²) in [5.74, 6) is 2.08. The summed E-state index contributed by atoms with van der Waals surface area (Å²) < 4.78 is 16.6. The van der Waals surface area contributed by atoms with Crippen LogP contribution in [0.15, 0.2) is 247 Å². The van der Waals surface area contributed by atoms with Crippen molar-refractivity contribution in [3.8, 4) is 45.6 Å². The number of pyridine rings is 1. The van der Waals surface area contributed by atoms with Crippen LogP contribution in [0.5, 0.6) is 0 Å². The van der Waals surface area contributed by atoms with E-state index in [1.54, 1.807) is 0 Å². The SMILES string of the molecule is c1ccc(-c2c(-n3c4ccccc4c4ccccc43)c(-n3c4ccccc4c4ccccc43)nc(-n3c4ccccc4c4ccccc43)c2-n2c3ccccc3c3ccccc32)c(-c2nc3ccccc3o2)c1. The van der Waals surface area contributed by atoms with Gasteiger partial charge in [0.05, 0.1) is 44.1 Å². The van der Waals surface area contributed by atoms with E-state index in [0.29, 0.717) is 5.89 Å². The Morgan fingerprint density at radius 1 is 0.260 bits per heavy atom. The van der Waals surface area contributed by atoms with Crippen LogP contribution in [0.1, 0.15) is 0 Å². The molecule has 73 heavy (non-hydrogen) atoms. The maximum absolute atomic E-state index is 6.84. The van der Waals surface area contributed by atoms with Crippen molar-refractivity contribution < 1.29 is 4.42 Å². The molecule has 0 atom stereocenters. The van der Waals surface area contributed by atoms with Crippen molar-refractivity contribution in [3.05, 3.63) is 243 Å². The second-order valence-electron chi connectivity index (χ2n) is 18.8. The minimum Gasteiger partial charge on any atom is -0.436 e. The van der Waals surface area contributed by atoms with Gasteiger partial charge in [0.15, 0.2) is 17.2 Å². The first kappa shape index (κ1) is 39.8. The van der Waals surface area contributed by atoms with E-state index in [-0.39, 0.29) is 0 Å². The van der Waals surface area contributed by atoms with Crippen molar-refractivity contribution in [2.45, 2.75) is 0 Å². The van der Waals surface area contributed by atoms with Gasteiger partial charge in [0.25, 0.3) is 0 Å². The van der Waals surface area contributed by atoms with Crippen LogP contribution in [-0.2, 0) is 0 Å². The van der Waals surface area contributed by atoms with Crippen LogP contribution in [0.2, 0.25) is 0 Å². The molecule has 0 fully saturated rings. The molecule has 0 saturated heterocycles. The second kappa shape index (κ2) is 15.3. The largest absolute Gasteiger partial charge is 0.436 e. The lowest BCUT2D eigenvalue weighted by atomic mass is 9.95. The highest BCUT2D eigenvalue weighted by Gasteiger charge is 2.33. The zero-order valence-electron chi connectivity index (χ0n) is 39.2. The molecule has 0 amide bonds. The minimum atomic E-state index is 0.534. The number of benzene rings is 10. The summed E-state index contributed by atoms with van der Waals surface area (Å²) in [5, 5.41) is 9.17. The first-order valence-electron chi connectivity index (χ1n) is 24.8. The summed E-state index contributed by atoms with van der Waals surface area (Å²) in [6, 6.07) is 86.8. The van der Waals surface area contributed by atoms with E-state index in [0.717, 1.165) is 138 Å². The maximum atomic E-state index is 6.84. The average Bonchev–Trinajstić information content (AvgIpc) is 4.27. The zero-order valence-corrected chi connectivity index (χ0v) is 39.2. The van der Waals surface area contributed by atoms with E-state index < -0.39 is 0 Å². The Morgan fingerprint density at radius 3 is 0.904 bits per heavy atom. The van der Waals surface area contributed by atoms with Crippen molar-refractivity contribution in [2.75, 3.05) is 0 Å². The molecule has 0 aliphatic rings. The molecule has 0 saturated carbocycles. The molecule has 0 aliphatic heterocycles. The highest BCUT2D eigenvalue weighted by molar-refractivity contribution is 6.16. The number of nitrogens with zero attached hydrogens (tertiary/aromatic N) is 6. The molecule has 0 unspecified atom stereocenters. The molecule has 0 radical (unpaired) electrons. The van der Waals surface area contributed by atoms with Gasteiger partial charge in [-0.1, -0.05) is 176 Å². The molecule has 0 spiro atoms. The van der Waals surface area contributed by atoms with Crippen LogP contribution in [0.3, 0.4) is 0 Å². The third kappa shape index (κ3) is 5.58. The summed E-state index contributed by atoms with van der Waals surface area (Å²) in [6.07, 6.45) is 0. The van der Waals surface area contributed by atoms with E-state index in [1.807, 2.05) is 24.3 Å². The van der Waals surface area contributed by atoms with E-state index in [9.17, 15) is 0 Å². The van der Waals surface area contributed by atoms with Crippen molar-refractivity contribution in [2.24, 2.45) is 0 Å². The Labute approximate surface area is 417 Å². The molecule has 0 bridgehead atoms. The van der Waals surface area contributed by atoms with Gasteiger partial charge in [-0.3, -0.25) is 9.13 Å². The molecular formula is C66H40N6O. The van der Waals surface area contributed by atoms with Crippen LogP contribution in [-0.4, -0.2) is 28.2 Å². The Balaban J connectivity index is 1.24. The van der Waals surface area contributed by atoms with E-state index in [2.05, 4.69) is 237 Å². The number of fused-ring (bicyclic) bond motifs is 13. The summed E-state index contributed by atoms with van der Waals surface area (Å²) in [5.41, 5.74) is 14.5. The Morgan fingerprint density at radius 2 is 0.548 bits per heavy atom. The van der Waals surface area contributed by atoms with Crippen LogP contribution < -0.4 is 0 Å². The second-order valence-corrected chi connectivity index (χ2v) is 18.8. The maximum Gasteiger partial charge on any atom is 0.227 e. The number of para-hydroxylation sites is 10. The number of hydrogen-bond donors (Lipinski definition) is 0. The molecule has 0 N–H and O–H groups in total. The average molecular weight is 933 g/mol. The molecule has 16 rings (SSSR count). The number of rotatable bonds is 6. The lowest BCUT2D eigenvalue weighted by Gasteiger charge is -2.27. The van der Waals surface area contributed by atoms with Gasteiger partial charge in [0.2, 0.25) is 5.89 Å². The van der Waals surface area contributed by atoms with Crippen LogP contribution in [0.25, 0.3) is 144 Å². The van der Waals surface area contributed by atoms with Crippen molar-refractivity contribution in [1.82, 2.24) is 28.2 Å². The molecular weight excluding hydrogens is 893 g/mol. The van der Waals surface area contributed by atoms with Gasteiger partial charge in [0.1, 0.15) is 16.9 Å². The lowest BCUT2D eigenvalue weighted by molar-refractivity contribution is 0.620. The third-order valence-electron chi connectivity index (χ3n) is 15.0. The van der Waals surface area contributed by atoms with Crippen LogP contribution in [0, 0.1) is 0 Å². The Hall–Kier alpha value is -9.98. The Bertz CT molecular complexity index is 4450. The zero-order chi connectivity index (χ0) is 47.7. The van der Waals surface area contributed by atoms with E-state index in [4.69, 9.17) is 14.4 Å². The predicted molar refractivity (Wildman–Crippen MR) is 300 cm³/mol. The van der Waals surface area contributed by atoms with Gasteiger partial charge in [-0.25, -0.2) is 9.97 Å². The third-order valence-corrected chi connectivity index (χ3v) is 15.0. The van der Waals surface area contributed by atoms with Crippen molar-refractivity contribution >= 4 is 98.3 Å². The van der Waals surface area contributed by atoms with E-state index >= 15 is 0 Å². The van der Waals surface area contributed by atoms with Crippen LogP contribution in [0.4, 0.5) is 0 Å². The van der Waals surface area contributed by atoms with Gasteiger partial charge in [-0.15, -0.1) is 0 Å². The topological polar surface area (TPSA) is 58.6 Å². The quantitative estimate of drug-likeness (QED) is 0.167. The van der Waals surface area contributed by atoms with Gasteiger partial charge in [0, 0.05) is 54.2 Å². The van der Waals surface area contributed by atoms with Crippen LogP contribution >= 0.6 is 0 Å². The fourth-order valence-corrected chi connectivity index (χ4v) is 12.0. The fraction of sp³-hybridized carbons (Fsp3) is 0. The van der Waals surface area contributed by atoms with Gasteiger partial charge in [-0.2, -0.15) is 0 Å². The molecule has 6 heterocycles. The van der Waals surface area contributed by atoms with Crippen molar-refractivity contribution in [1.29, 1.82) is 0 Å². The molecule has 16 aromatic rings. The summed E-state index contributed by atoms with van der Waals surface area (Å²) in [4.78, 5) is 11.6. The monoisotopic (exact) mass is 932 g/mol. The van der Waals surface area contributed by atoms with E-state index in [1.165, 1.54) is 0 Å².